The van der Waals surface area contributed by atoms with Crippen LogP contribution in [0, 0.1) is 16.0 Å². The first-order valence-corrected chi connectivity index (χ1v) is 9.16. The highest BCUT2D eigenvalue weighted by molar-refractivity contribution is 6.34. The van der Waals surface area contributed by atoms with Crippen molar-refractivity contribution in [2.24, 2.45) is 5.92 Å². The highest BCUT2D eigenvalue weighted by atomic mass is 35.5. The molecule has 2 rings (SSSR count). The smallest absolute Gasteiger partial charge is 0.314 e. The van der Waals surface area contributed by atoms with Gasteiger partial charge in [-0.15, -0.1) is 0 Å². The maximum atomic E-state index is 12.6. The number of hydrogen-bond acceptors (Lipinski definition) is 5. The van der Waals surface area contributed by atoms with E-state index in [4.69, 9.17) is 16.3 Å². The minimum absolute atomic E-state index is 0.0237. The Kier molecular flexibility index (Phi) is 7.52. The minimum atomic E-state index is -0.585. The van der Waals surface area contributed by atoms with Gasteiger partial charge in [0.1, 0.15) is 0 Å². The van der Waals surface area contributed by atoms with Gasteiger partial charge in [-0.25, -0.2) is 0 Å². The molecule has 0 aliphatic carbocycles. The zero-order valence-corrected chi connectivity index (χ0v) is 16.3. The lowest BCUT2D eigenvalue weighted by Gasteiger charge is -2.21. The van der Waals surface area contributed by atoms with Gasteiger partial charge in [0.2, 0.25) is 0 Å². The van der Waals surface area contributed by atoms with Crippen molar-refractivity contribution in [1.29, 1.82) is 0 Å². The number of nitrogens with zero attached hydrogens (tertiary/aromatic N) is 1. The maximum Gasteiger partial charge on any atom is 0.314 e. The van der Waals surface area contributed by atoms with Gasteiger partial charge in [-0.3, -0.25) is 19.7 Å². The van der Waals surface area contributed by atoms with Crippen molar-refractivity contribution < 1.29 is 19.2 Å². The van der Waals surface area contributed by atoms with Crippen LogP contribution in [0.5, 0.6) is 0 Å². The van der Waals surface area contributed by atoms with E-state index in [1.54, 1.807) is 0 Å². The molecule has 0 radical (unpaired) electrons. The van der Waals surface area contributed by atoms with Gasteiger partial charge in [-0.05, 0) is 17.5 Å². The Balaban J connectivity index is 2.01. The number of benzene rings is 2. The second-order valence-corrected chi connectivity index (χ2v) is 6.76. The van der Waals surface area contributed by atoms with Gasteiger partial charge >= 0.3 is 5.97 Å². The fourth-order valence-corrected chi connectivity index (χ4v) is 2.95. The van der Waals surface area contributed by atoms with Gasteiger partial charge in [0.05, 0.1) is 21.6 Å². The van der Waals surface area contributed by atoms with E-state index in [9.17, 15) is 19.7 Å². The number of carbonyl (C=O) groups is 2. The van der Waals surface area contributed by atoms with Crippen LogP contribution in [0.1, 0.15) is 31.7 Å². The molecule has 0 fully saturated rings. The summed E-state index contributed by atoms with van der Waals surface area (Å²) in [6.07, 6.45) is 0.777. The van der Waals surface area contributed by atoms with Gasteiger partial charge in [0, 0.05) is 12.1 Å². The molecule has 0 aliphatic heterocycles. The number of hydrogen-bond donors (Lipinski definition) is 1. The summed E-state index contributed by atoms with van der Waals surface area (Å²) in [4.78, 5) is 34.8. The summed E-state index contributed by atoms with van der Waals surface area (Å²) in [5.74, 6) is -1.49. The normalized spacial score (nSPS) is 12.7. The number of esters is 1. The lowest BCUT2D eigenvalue weighted by molar-refractivity contribution is -0.384. The van der Waals surface area contributed by atoms with Crippen molar-refractivity contribution in [2.45, 2.75) is 26.2 Å². The van der Waals surface area contributed by atoms with Crippen LogP contribution in [0.3, 0.4) is 0 Å². The first-order chi connectivity index (χ1) is 13.3. The van der Waals surface area contributed by atoms with Crippen LogP contribution in [0.25, 0.3) is 0 Å². The van der Waals surface area contributed by atoms with E-state index >= 15 is 0 Å². The van der Waals surface area contributed by atoms with E-state index in [1.807, 2.05) is 44.2 Å². The Morgan fingerprint density at radius 1 is 1.21 bits per heavy atom. The van der Waals surface area contributed by atoms with Crippen LogP contribution < -0.4 is 5.32 Å². The van der Waals surface area contributed by atoms with Crippen molar-refractivity contribution >= 4 is 34.9 Å². The number of amides is 1. The van der Waals surface area contributed by atoms with E-state index in [0.29, 0.717) is 0 Å². The molecule has 28 heavy (non-hydrogen) atoms. The Bertz CT molecular complexity index is 857. The van der Waals surface area contributed by atoms with Crippen LogP contribution >= 0.6 is 11.6 Å². The number of nitrogens with one attached hydrogen (secondary N) is 1. The van der Waals surface area contributed by atoms with E-state index in [2.05, 4.69) is 5.32 Å². The average Bonchev–Trinajstić information content (AvgIpc) is 2.68. The summed E-state index contributed by atoms with van der Waals surface area (Å²) in [5, 5.41) is 13.2. The van der Waals surface area contributed by atoms with Gasteiger partial charge in [0.25, 0.3) is 11.6 Å². The third kappa shape index (κ3) is 5.53. The fourth-order valence-electron chi connectivity index (χ4n) is 2.72. The predicted molar refractivity (Wildman–Crippen MR) is 106 cm³/mol. The fraction of sp³-hybridized carbons (Fsp3) is 0.300. The molecule has 0 unspecified atom stereocenters. The highest BCUT2D eigenvalue weighted by Gasteiger charge is 2.27. The molecule has 7 nitrogen and oxygen atoms in total. The molecule has 0 aliphatic rings. The lowest BCUT2D eigenvalue weighted by atomic mass is 9.86. The molecule has 2 atom stereocenters. The van der Waals surface area contributed by atoms with E-state index in [0.717, 1.165) is 18.1 Å². The van der Waals surface area contributed by atoms with Crippen molar-refractivity contribution in [3.05, 3.63) is 69.2 Å². The molecule has 2 aromatic rings. The average molecular weight is 405 g/mol. The van der Waals surface area contributed by atoms with E-state index in [-0.39, 0.29) is 22.3 Å². The Labute approximate surface area is 167 Å². The molecule has 0 aromatic heterocycles. The standard InChI is InChI=1S/C20H21ClN2O5/c1-3-13(2)19(14-7-5-4-6-8-14)20(25)28-12-18(24)22-17-10-9-15(23(26)27)11-16(17)21/h4-11,13,19H,3,12H2,1-2H3,(H,22,24)/t13-,19+/m0/s1. The number of non-ortho nitro benzene ring substituents is 1. The van der Waals surface area contributed by atoms with E-state index < -0.39 is 29.3 Å². The summed E-state index contributed by atoms with van der Waals surface area (Å²) in [6, 6.07) is 13.0. The Morgan fingerprint density at radius 2 is 1.89 bits per heavy atom. The van der Waals surface area contributed by atoms with Crippen LogP contribution in [0.15, 0.2) is 48.5 Å². The Morgan fingerprint density at radius 3 is 2.46 bits per heavy atom. The molecule has 0 bridgehead atoms. The Hall–Kier alpha value is -2.93. The zero-order valence-electron chi connectivity index (χ0n) is 15.6. The summed E-state index contributed by atoms with van der Waals surface area (Å²) >= 11 is 5.94. The van der Waals surface area contributed by atoms with Crippen LogP contribution in [0.2, 0.25) is 5.02 Å². The van der Waals surface area contributed by atoms with Gasteiger partial charge in [-0.1, -0.05) is 62.2 Å². The predicted octanol–water partition coefficient (Wildman–Crippen LogP) is 4.56. The quantitative estimate of drug-likeness (QED) is 0.395. The largest absolute Gasteiger partial charge is 0.455 e. The molecule has 1 amide bonds. The molecule has 8 heteroatoms. The lowest BCUT2D eigenvalue weighted by Crippen LogP contribution is -2.27. The first kappa shape index (κ1) is 21.4. The molecule has 1 N–H and O–H groups in total. The number of anilines is 1. The zero-order chi connectivity index (χ0) is 20.7. The summed E-state index contributed by atoms with van der Waals surface area (Å²) < 4.78 is 5.22. The summed E-state index contributed by atoms with van der Waals surface area (Å²) in [5.41, 5.74) is 0.851. The SMILES string of the molecule is CC[C@H](C)[C@@H](C(=O)OCC(=O)Nc1ccc([N+](=O)[O-])cc1Cl)c1ccccc1. The number of nitro benzene ring substituents is 1. The molecular weight excluding hydrogens is 384 g/mol. The highest BCUT2D eigenvalue weighted by Crippen LogP contribution is 2.29. The molecule has 0 saturated heterocycles. The number of ether oxygens (including phenoxy) is 1. The van der Waals surface area contributed by atoms with Crippen molar-refractivity contribution in [2.75, 3.05) is 11.9 Å². The number of rotatable bonds is 8. The van der Waals surface area contributed by atoms with Crippen molar-refractivity contribution in [3.8, 4) is 0 Å². The number of carbonyl (C=O) groups excluding carboxylic acids is 2. The third-order valence-electron chi connectivity index (χ3n) is 4.41. The topological polar surface area (TPSA) is 98.5 Å². The first-order valence-electron chi connectivity index (χ1n) is 8.78. The molecule has 0 spiro atoms. The second kappa shape index (κ2) is 9.85. The van der Waals surface area contributed by atoms with Crippen LogP contribution in [0.4, 0.5) is 11.4 Å². The molecule has 0 saturated carbocycles. The van der Waals surface area contributed by atoms with Gasteiger partial charge in [-0.2, -0.15) is 0 Å². The summed E-state index contributed by atoms with van der Waals surface area (Å²) in [7, 11) is 0. The van der Waals surface area contributed by atoms with Crippen molar-refractivity contribution in [3.63, 3.8) is 0 Å². The maximum absolute atomic E-state index is 12.6. The molecular formula is C20H21ClN2O5. The molecule has 148 valence electrons. The van der Waals surface area contributed by atoms with Gasteiger partial charge < -0.3 is 10.1 Å². The minimum Gasteiger partial charge on any atom is -0.455 e. The number of nitro groups is 1. The number of halogens is 1. The molecule has 0 heterocycles. The van der Waals surface area contributed by atoms with Crippen LogP contribution in [-0.2, 0) is 14.3 Å². The second-order valence-electron chi connectivity index (χ2n) is 6.35. The van der Waals surface area contributed by atoms with Crippen LogP contribution in [-0.4, -0.2) is 23.4 Å². The third-order valence-corrected chi connectivity index (χ3v) is 4.72. The monoisotopic (exact) mass is 404 g/mol. The van der Waals surface area contributed by atoms with E-state index in [1.165, 1.54) is 12.1 Å². The van der Waals surface area contributed by atoms with Gasteiger partial charge in [0.15, 0.2) is 6.61 Å². The summed E-state index contributed by atoms with van der Waals surface area (Å²) in [6.45, 7) is 3.46. The van der Waals surface area contributed by atoms with Crippen molar-refractivity contribution in [1.82, 2.24) is 0 Å². The molecule has 2 aromatic carbocycles.